The minimum absolute atomic E-state index is 0.0601. The summed E-state index contributed by atoms with van der Waals surface area (Å²) < 4.78 is 0. The summed E-state index contributed by atoms with van der Waals surface area (Å²) in [5, 5.41) is 3.76. The van der Waals surface area contributed by atoms with Crippen molar-refractivity contribution in [2.75, 3.05) is 25.9 Å². The molecule has 2 aromatic rings. The SMILES string of the molecule is CCCc1nc(SC)ncc1C(=O)NCCCN1CCc2ccccc2C1. The Balaban J connectivity index is 1.47. The van der Waals surface area contributed by atoms with Gasteiger partial charge in [0.1, 0.15) is 0 Å². The van der Waals surface area contributed by atoms with Crippen molar-refractivity contribution in [3.05, 3.63) is 52.8 Å². The van der Waals surface area contributed by atoms with Gasteiger partial charge in [0.15, 0.2) is 5.16 Å². The van der Waals surface area contributed by atoms with Crippen LogP contribution < -0.4 is 5.32 Å². The van der Waals surface area contributed by atoms with Crippen LogP contribution in [0.25, 0.3) is 0 Å². The minimum atomic E-state index is -0.0601. The van der Waals surface area contributed by atoms with Crippen LogP contribution in [0.4, 0.5) is 0 Å². The predicted molar refractivity (Wildman–Crippen MR) is 110 cm³/mol. The molecule has 1 N–H and O–H groups in total. The standard InChI is InChI=1S/C21H28N4OS/c1-3-7-19-18(14-23-21(24-19)27-2)20(26)22-11-6-12-25-13-10-16-8-4-5-9-17(16)15-25/h4-5,8-9,14H,3,6-7,10-13,15H2,1-2H3,(H,22,26). The van der Waals surface area contributed by atoms with Crippen LogP contribution in [0.1, 0.15) is 46.9 Å². The Bertz CT molecular complexity index is 781. The van der Waals surface area contributed by atoms with E-state index in [0.29, 0.717) is 12.1 Å². The number of carbonyl (C=O) groups excluding carboxylic acids is 1. The molecule has 5 nitrogen and oxygen atoms in total. The first-order chi connectivity index (χ1) is 13.2. The van der Waals surface area contributed by atoms with Crippen LogP contribution in [0.5, 0.6) is 0 Å². The number of fused-ring (bicyclic) bond motifs is 1. The number of nitrogens with zero attached hydrogens (tertiary/aromatic N) is 3. The number of aryl methyl sites for hydroxylation is 1. The van der Waals surface area contributed by atoms with E-state index in [-0.39, 0.29) is 5.91 Å². The summed E-state index contributed by atoms with van der Waals surface area (Å²) in [7, 11) is 0. The molecule has 2 heterocycles. The highest BCUT2D eigenvalue weighted by atomic mass is 32.2. The van der Waals surface area contributed by atoms with E-state index in [9.17, 15) is 4.79 Å². The Kier molecular flexibility index (Phi) is 7.24. The first kappa shape index (κ1) is 19.8. The first-order valence-corrected chi connectivity index (χ1v) is 10.9. The van der Waals surface area contributed by atoms with Gasteiger partial charge in [-0.2, -0.15) is 0 Å². The zero-order chi connectivity index (χ0) is 19.1. The Hall–Kier alpha value is -1.92. The van der Waals surface area contributed by atoms with Gasteiger partial charge in [0, 0.05) is 32.4 Å². The Morgan fingerprint density at radius 2 is 2.11 bits per heavy atom. The molecule has 1 aliphatic heterocycles. The smallest absolute Gasteiger partial charge is 0.254 e. The second-order valence-electron chi connectivity index (χ2n) is 6.87. The Morgan fingerprint density at radius 3 is 2.89 bits per heavy atom. The Morgan fingerprint density at radius 1 is 1.30 bits per heavy atom. The lowest BCUT2D eigenvalue weighted by Gasteiger charge is -2.28. The number of hydrogen-bond acceptors (Lipinski definition) is 5. The molecule has 1 aromatic carbocycles. The molecule has 144 valence electrons. The third kappa shape index (κ3) is 5.30. The fourth-order valence-electron chi connectivity index (χ4n) is 3.46. The molecule has 0 radical (unpaired) electrons. The summed E-state index contributed by atoms with van der Waals surface area (Å²) in [6.07, 6.45) is 7.43. The molecule has 0 atom stereocenters. The monoisotopic (exact) mass is 384 g/mol. The molecule has 6 heteroatoms. The van der Waals surface area contributed by atoms with Gasteiger partial charge in [0.25, 0.3) is 5.91 Å². The molecule has 3 rings (SSSR count). The lowest BCUT2D eigenvalue weighted by Crippen LogP contribution is -2.34. The normalized spacial score (nSPS) is 14.0. The summed E-state index contributed by atoms with van der Waals surface area (Å²) in [6.45, 7) is 5.87. The zero-order valence-corrected chi connectivity index (χ0v) is 17.0. The van der Waals surface area contributed by atoms with Crippen molar-refractivity contribution in [1.82, 2.24) is 20.2 Å². The second kappa shape index (κ2) is 9.85. The number of rotatable bonds is 8. The van der Waals surface area contributed by atoms with E-state index in [1.54, 1.807) is 6.20 Å². The second-order valence-corrected chi connectivity index (χ2v) is 7.64. The van der Waals surface area contributed by atoms with E-state index in [1.165, 1.54) is 22.9 Å². The number of hydrogen-bond donors (Lipinski definition) is 1. The van der Waals surface area contributed by atoms with Gasteiger partial charge in [-0.15, -0.1) is 0 Å². The highest BCUT2D eigenvalue weighted by molar-refractivity contribution is 7.98. The Labute approximate surface area is 166 Å². The van der Waals surface area contributed by atoms with Crippen LogP contribution in [0.3, 0.4) is 0 Å². The maximum absolute atomic E-state index is 12.5. The summed E-state index contributed by atoms with van der Waals surface area (Å²) in [4.78, 5) is 23.8. The van der Waals surface area contributed by atoms with Crippen molar-refractivity contribution in [3.63, 3.8) is 0 Å². The van der Waals surface area contributed by atoms with Crippen LogP contribution in [0.15, 0.2) is 35.6 Å². The predicted octanol–water partition coefficient (Wildman–Crippen LogP) is 3.33. The van der Waals surface area contributed by atoms with Gasteiger partial charge < -0.3 is 5.32 Å². The largest absolute Gasteiger partial charge is 0.352 e. The molecule has 0 fully saturated rings. The van der Waals surface area contributed by atoms with Gasteiger partial charge in [-0.3, -0.25) is 9.69 Å². The van der Waals surface area contributed by atoms with E-state index >= 15 is 0 Å². The molecule has 0 bridgehead atoms. The number of amides is 1. The van der Waals surface area contributed by atoms with Crippen molar-refractivity contribution in [2.24, 2.45) is 0 Å². The molecule has 1 amide bonds. The number of nitrogens with one attached hydrogen (secondary N) is 1. The van der Waals surface area contributed by atoms with E-state index in [4.69, 9.17) is 0 Å². The van der Waals surface area contributed by atoms with Gasteiger partial charge in [-0.25, -0.2) is 9.97 Å². The average molecular weight is 385 g/mol. The van der Waals surface area contributed by atoms with Crippen molar-refractivity contribution in [2.45, 2.75) is 44.3 Å². The number of aromatic nitrogens is 2. The minimum Gasteiger partial charge on any atom is -0.352 e. The molecule has 1 aromatic heterocycles. The van der Waals surface area contributed by atoms with Gasteiger partial charge in [0.2, 0.25) is 0 Å². The molecule has 0 saturated carbocycles. The molecule has 27 heavy (non-hydrogen) atoms. The lowest BCUT2D eigenvalue weighted by atomic mass is 10.00. The summed E-state index contributed by atoms with van der Waals surface area (Å²) in [5.74, 6) is -0.0601. The van der Waals surface area contributed by atoms with E-state index in [0.717, 1.165) is 56.2 Å². The van der Waals surface area contributed by atoms with E-state index < -0.39 is 0 Å². The van der Waals surface area contributed by atoms with Gasteiger partial charge in [-0.1, -0.05) is 49.4 Å². The topological polar surface area (TPSA) is 58.1 Å². The van der Waals surface area contributed by atoms with Crippen LogP contribution in [0, 0.1) is 0 Å². The third-order valence-electron chi connectivity index (χ3n) is 4.91. The van der Waals surface area contributed by atoms with Crippen molar-refractivity contribution in [3.8, 4) is 0 Å². The quantitative estimate of drug-likeness (QED) is 0.430. The number of thioether (sulfide) groups is 1. The van der Waals surface area contributed by atoms with Crippen LogP contribution in [-0.4, -0.2) is 46.7 Å². The molecular formula is C21H28N4OS. The highest BCUT2D eigenvalue weighted by Gasteiger charge is 2.16. The van der Waals surface area contributed by atoms with Crippen molar-refractivity contribution >= 4 is 17.7 Å². The van der Waals surface area contributed by atoms with Crippen molar-refractivity contribution in [1.29, 1.82) is 0 Å². The molecule has 1 aliphatic rings. The van der Waals surface area contributed by atoms with Gasteiger partial charge >= 0.3 is 0 Å². The van der Waals surface area contributed by atoms with Crippen LogP contribution >= 0.6 is 11.8 Å². The van der Waals surface area contributed by atoms with E-state index in [1.807, 2.05) is 6.26 Å². The van der Waals surface area contributed by atoms with Crippen molar-refractivity contribution < 1.29 is 4.79 Å². The number of carbonyl (C=O) groups is 1. The fraction of sp³-hybridized carbons (Fsp3) is 0.476. The molecule has 0 unspecified atom stereocenters. The highest BCUT2D eigenvalue weighted by Crippen LogP contribution is 2.18. The lowest BCUT2D eigenvalue weighted by molar-refractivity contribution is 0.0949. The van der Waals surface area contributed by atoms with Gasteiger partial charge in [-0.05, 0) is 36.6 Å². The van der Waals surface area contributed by atoms with E-state index in [2.05, 4.69) is 51.4 Å². The first-order valence-electron chi connectivity index (χ1n) is 9.68. The molecule has 0 saturated heterocycles. The maximum atomic E-state index is 12.5. The summed E-state index contributed by atoms with van der Waals surface area (Å²) in [5.41, 5.74) is 4.37. The average Bonchev–Trinajstić information content (AvgIpc) is 2.71. The summed E-state index contributed by atoms with van der Waals surface area (Å²) >= 11 is 1.50. The molecule has 0 spiro atoms. The number of benzene rings is 1. The van der Waals surface area contributed by atoms with Crippen LogP contribution in [-0.2, 0) is 19.4 Å². The summed E-state index contributed by atoms with van der Waals surface area (Å²) in [6, 6.07) is 8.68. The maximum Gasteiger partial charge on any atom is 0.254 e. The van der Waals surface area contributed by atoms with Gasteiger partial charge in [0.05, 0.1) is 11.3 Å². The zero-order valence-electron chi connectivity index (χ0n) is 16.2. The molecular weight excluding hydrogens is 356 g/mol. The molecule has 0 aliphatic carbocycles. The fourth-order valence-corrected chi connectivity index (χ4v) is 3.82. The van der Waals surface area contributed by atoms with Crippen LogP contribution in [0.2, 0.25) is 0 Å². The third-order valence-corrected chi connectivity index (χ3v) is 5.47.